The van der Waals surface area contributed by atoms with Crippen LogP contribution in [0.5, 0.6) is 0 Å². The number of carboxylic acids is 1. The summed E-state index contributed by atoms with van der Waals surface area (Å²) in [7, 11) is 0. The molecule has 0 bridgehead atoms. The standard InChI is InChI=1S/C15H22N2O2/c1-15(2)10-16-12(8-14(18)19)9-17(11-15)13-6-4-3-5-7-13/h3-7,12,16H,8-11H2,1-2H3,(H,18,19). The molecule has 0 aliphatic carbocycles. The summed E-state index contributed by atoms with van der Waals surface area (Å²) in [6.07, 6.45) is 0.166. The number of nitrogens with zero attached hydrogens (tertiary/aromatic N) is 1. The minimum Gasteiger partial charge on any atom is -0.481 e. The first-order valence-electron chi connectivity index (χ1n) is 6.71. The van der Waals surface area contributed by atoms with Gasteiger partial charge in [-0.15, -0.1) is 0 Å². The maximum absolute atomic E-state index is 10.9. The normalized spacial score (nSPS) is 22.8. The summed E-state index contributed by atoms with van der Waals surface area (Å²) in [5.41, 5.74) is 1.29. The molecule has 2 rings (SSSR count). The number of benzene rings is 1. The first kappa shape index (κ1) is 13.9. The van der Waals surface area contributed by atoms with E-state index in [1.54, 1.807) is 0 Å². The van der Waals surface area contributed by atoms with Crippen LogP contribution >= 0.6 is 0 Å². The van der Waals surface area contributed by atoms with Crippen LogP contribution in [0.3, 0.4) is 0 Å². The fraction of sp³-hybridized carbons (Fsp3) is 0.533. The van der Waals surface area contributed by atoms with E-state index in [4.69, 9.17) is 5.11 Å². The van der Waals surface area contributed by atoms with Crippen molar-refractivity contribution in [1.82, 2.24) is 5.32 Å². The van der Waals surface area contributed by atoms with Crippen molar-refractivity contribution in [2.24, 2.45) is 5.41 Å². The number of rotatable bonds is 3. The Morgan fingerprint density at radius 1 is 1.42 bits per heavy atom. The molecule has 0 saturated carbocycles. The van der Waals surface area contributed by atoms with Crippen LogP contribution in [0.25, 0.3) is 0 Å². The second-order valence-corrected chi connectivity index (χ2v) is 6.06. The molecule has 19 heavy (non-hydrogen) atoms. The molecule has 1 aliphatic heterocycles. The molecule has 1 heterocycles. The van der Waals surface area contributed by atoms with Crippen LogP contribution in [0.1, 0.15) is 20.3 Å². The van der Waals surface area contributed by atoms with E-state index >= 15 is 0 Å². The number of carboxylic acid groups (broad SMARTS) is 1. The maximum atomic E-state index is 10.9. The van der Waals surface area contributed by atoms with E-state index in [-0.39, 0.29) is 17.9 Å². The Kier molecular flexibility index (Phi) is 4.10. The van der Waals surface area contributed by atoms with Crippen LogP contribution in [-0.2, 0) is 4.79 Å². The number of hydrogen-bond acceptors (Lipinski definition) is 3. The summed E-state index contributed by atoms with van der Waals surface area (Å²) in [6.45, 7) is 6.92. The maximum Gasteiger partial charge on any atom is 0.304 e. The van der Waals surface area contributed by atoms with E-state index in [9.17, 15) is 4.79 Å². The quantitative estimate of drug-likeness (QED) is 0.874. The number of hydrogen-bond donors (Lipinski definition) is 2. The van der Waals surface area contributed by atoms with E-state index < -0.39 is 5.97 Å². The zero-order valence-corrected chi connectivity index (χ0v) is 11.6. The molecule has 0 radical (unpaired) electrons. The van der Waals surface area contributed by atoms with Crippen LogP contribution in [0.4, 0.5) is 5.69 Å². The van der Waals surface area contributed by atoms with E-state index in [1.165, 1.54) is 0 Å². The molecule has 4 heteroatoms. The molecule has 1 unspecified atom stereocenters. The van der Waals surface area contributed by atoms with Gasteiger partial charge in [0.15, 0.2) is 0 Å². The summed E-state index contributed by atoms with van der Waals surface area (Å²) >= 11 is 0. The highest BCUT2D eigenvalue weighted by Gasteiger charge is 2.29. The van der Waals surface area contributed by atoms with Gasteiger partial charge in [0, 0.05) is 31.4 Å². The van der Waals surface area contributed by atoms with Crippen molar-refractivity contribution < 1.29 is 9.90 Å². The van der Waals surface area contributed by atoms with Gasteiger partial charge in [-0.25, -0.2) is 0 Å². The highest BCUT2D eigenvalue weighted by Crippen LogP contribution is 2.24. The van der Waals surface area contributed by atoms with Crippen molar-refractivity contribution in [2.75, 3.05) is 24.5 Å². The summed E-state index contributed by atoms with van der Waals surface area (Å²) in [4.78, 5) is 13.2. The van der Waals surface area contributed by atoms with Crippen molar-refractivity contribution in [1.29, 1.82) is 0 Å². The van der Waals surface area contributed by atoms with Gasteiger partial charge in [-0.3, -0.25) is 4.79 Å². The Morgan fingerprint density at radius 2 is 2.11 bits per heavy atom. The lowest BCUT2D eigenvalue weighted by Gasteiger charge is -2.31. The lowest BCUT2D eigenvalue weighted by molar-refractivity contribution is -0.137. The molecule has 1 aliphatic rings. The Balaban J connectivity index is 2.17. The number of nitrogens with one attached hydrogen (secondary N) is 1. The summed E-state index contributed by atoms with van der Waals surface area (Å²) < 4.78 is 0. The Morgan fingerprint density at radius 3 is 2.74 bits per heavy atom. The van der Waals surface area contributed by atoms with Crippen molar-refractivity contribution in [3.63, 3.8) is 0 Å². The van der Waals surface area contributed by atoms with Gasteiger partial charge in [0.05, 0.1) is 6.42 Å². The van der Waals surface area contributed by atoms with E-state index in [0.29, 0.717) is 0 Å². The molecule has 1 atom stereocenters. The molecule has 2 N–H and O–H groups in total. The largest absolute Gasteiger partial charge is 0.481 e. The van der Waals surface area contributed by atoms with Gasteiger partial charge >= 0.3 is 5.97 Å². The summed E-state index contributed by atoms with van der Waals surface area (Å²) in [5, 5.41) is 12.4. The van der Waals surface area contributed by atoms with Crippen molar-refractivity contribution in [3.8, 4) is 0 Å². The van der Waals surface area contributed by atoms with E-state index in [2.05, 4.69) is 36.2 Å². The molecule has 1 aromatic rings. The Labute approximate surface area is 114 Å². The second kappa shape index (κ2) is 5.61. The van der Waals surface area contributed by atoms with Gasteiger partial charge in [0.1, 0.15) is 0 Å². The Hall–Kier alpha value is -1.55. The van der Waals surface area contributed by atoms with Crippen LogP contribution in [0.2, 0.25) is 0 Å². The minimum atomic E-state index is -0.745. The lowest BCUT2D eigenvalue weighted by atomic mass is 9.93. The molecule has 0 spiro atoms. The zero-order chi connectivity index (χ0) is 13.9. The topological polar surface area (TPSA) is 52.6 Å². The lowest BCUT2D eigenvalue weighted by Crippen LogP contribution is -2.39. The monoisotopic (exact) mass is 262 g/mol. The second-order valence-electron chi connectivity index (χ2n) is 6.06. The van der Waals surface area contributed by atoms with Gasteiger partial charge in [0.2, 0.25) is 0 Å². The molecule has 1 aromatic carbocycles. The predicted molar refractivity (Wildman–Crippen MR) is 76.5 cm³/mol. The first-order valence-corrected chi connectivity index (χ1v) is 6.71. The molecule has 1 saturated heterocycles. The van der Waals surface area contributed by atoms with Gasteiger partial charge in [-0.05, 0) is 17.5 Å². The number of aliphatic carboxylic acids is 1. The predicted octanol–water partition coefficient (Wildman–Crippen LogP) is 1.97. The van der Waals surface area contributed by atoms with Crippen molar-refractivity contribution in [2.45, 2.75) is 26.3 Å². The fourth-order valence-electron chi connectivity index (χ4n) is 2.57. The molecule has 1 fully saturated rings. The molecule has 0 amide bonds. The molecule has 4 nitrogen and oxygen atoms in total. The summed E-state index contributed by atoms with van der Waals surface area (Å²) in [6, 6.07) is 10.2. The highest BCUT2D eigenvalue weighted by molar-refractivity contribution is 5.67. The van der Waals surface area contributed by atoms with Gasteiger partial charge < -0.3 is 15.3 Å². The minimum absolute atomic E-state index is 0.000480. The molecule has 0 aromatic heterocycles. The third-order valence-corrected chi connectivity index (χ3v) is 3.47. The average molecular weight is 262 g/mol. The highest BCUT2D eigenvalue weighted by atomic mass is 16.4. The third kappa shape index (κ3) is 3.96. The fourth-order valence-corrected chi connectivity index (χ4v) is 2.57. The number of para-hydroxylation sites is 1. The summed E-state index contributed by atoms with van der Waals surface area (Å²) in [5.74, 6) is -0.745. The van der Waals surface area contributed by atoms with Crippen molar-refractivity contribution in [3.05, 3.63) is 30.3 Å². The number of carbonyl (C=O) groups is 1. The first-order chi connectivity index (χ1) is 8.96. The molecule has 104 valence electrons. The van der Waals surface area contributed by atoms with Gasteiger partial charge in [0.25, 0.3) is 0 Å². The van der Waals surface area contributed by atoms with Crippen molar-refractivity contribution >= 4 is 11.7 Å². The van der Waals surface area contributed by atoms with Gasteiger partial charge in [-0.1, -0.05) is 32.0 Å². The smallest absolute Gasteiger partial charge is 0.304 e. The van der Waals surface area contributed by atoms with Crippen LogP contribution in [0.15, 0.2) is 30.3 Å². The molecular formula is C15H22N2O2. The van der Waals surface area contributed by atoms with Crippen LogP contribution < -0.4 is 10.2 Å². The Bertz CT molecular complexity index is 431. The number of anilines is 1. The SMILES string of the molecule is CC1(C)CNC(CC(=O)O)CN(c2ccccc2)C1. The zero-order valence-electron chi connectivity index (χ0n) is 11.6. The van der Waals surface area contributed by atoms with E-state index in [0.717, 1.165) is 25.3 Å². The average Bonchev–Trinajstić information content (AvgIpc) is 2.49. The molecular weight excluding hydrogens is 240 g/mol. The van der Waals surface area contributed by atoms with Crippen LogP contribution in [-0.4, -0.2) is 36.8 Å². The third-order valence-electron chi connectivity index (χ3n) is 3.47. The van der Waals surface area contributed by atoms with Gasteiger partial charge in [-0.2, -0.15) is 0 Å². The van der Waals surface area contributed by atoms with Crippen LogP contribution in [0, 0.1) is 5.41 Å². The van der Waals surface area contributed by atoms with E-state index in [1.807, 2.05) is 18.2 Å².